The van der Waals surface area contributed by atoms with Crippen LogP contribution in [-0.4, -0.2) is 29.3 Å². The third kappa shape index (κ3) is 1.85. The Labute approximate surface area is 151 Å². The molecule has 6 heteroatoms. The third-order valence-electron chi connectivity index (χ3n) is 7.17. The van der Waals surface area contributed by atoms with Gasteiger partial charge in [-0.1, -0.05) is 13.8 Å². The number of hydrogen-bond donors (Lipinski definition) is 1. The van der Waals surface area contributed by atoms with Crippen LogP contribution in [0.2, 0.25) is 0 Å². The van der Waals surface area contributed by atoms with Gasteiger partial charge >= 0.3 is 11.9 Å². The van der Waals surface area contributed by atoms with Crippen LogP contribution in [0, 0.1) is 16.7 Å². The highest BCUT2D eigenvalue weighted by Gasteiger charge is 2.66. The summed E-state index contributed by atoms with van der Waals surface area (Å²) in [5, 5.41) is 11.4. The quantitative estimate of drug-likeness (QED) is 0.777. The van der Waals surface area contributed by atoms with Crippen molar-refractivity contribution < 1.29 is 28.6 Å². The average molecular weight is 358 g/mol. The number of carbonyl (C=O) groups excluding carboxylic acids is 2. The number of fused-ring (bicyclic) bond motifs is 2. The number of ether oxygens (including phenoxy) is 2. The zero-order valence-electron chi connectivity index (χ0n) is 14.9. The van der Waals surface area contributed by atoms with Gasteiger partial charge in [-0.3, -0.25) is 4.79 Å². The van der Waals surface area contributed by atoms with Gasteiger partial charge in [0, 0.05) is 34.3 Å². The molecule has 4 heterocycles. The van der Waals surface area contributed by atoms with Crippen LogP contribution >= 0.6 is 0 Å². The Morgan fingerprint density at radius 1 is 1.23 bits per heavy atom. The van der Waals surface area contributed by atoms with E-state index in [9.17, 15) is 14.7 Å². The van der Waals surface area contributed by atoms with Crippen LogP contribution in [0.4, 0.5) is 0 Å². The molecule has 0 spiro atoms. The number of carbonyl (C=O) groups is 2. The number of aliphatic hydroxyl groups is 1. The minimum absolute atomic E-state index is 0.0806. The van der Waals surface area contributed by atoms with Crippen molar-refractivity contribution >= 4 is 11.9 Å². The molecule has 6 rings (SSSR count). The first-order valence-electron chi connectivity index (χ1n) is 9.19. The molecular weight excluding hydrogens is 336 g/mol. The molecule has 0 amide bonds. The molecule has 1 aromatic heterocycles. The zero-order valence-corrected chi connectivity index (χ0v) is 14.9. The van der Waals surface area contributed by atoms with E-state index in [2.05, 4.69) is 0 Å². The Kier molecular flexibility index (Phi) is 3.10. The molecule has 2 fully saturated rings. The molecule has 5 aliphatic rings. The second-order valence-corrected chi connectivity index (χ2v) is 8.59. The van der Waals surface area contributed by atoms with Crippen LogP contribution in [0.25, 0.3) is 0 Å². The van der Waals surface area contributed by atoms with Crippen molar-refractivity contribution in [3.63, 3.8) is 0 Å². The van der Waals surface area contributed by atoms with Gasteiger partial charge in [-0.15, -0.1) is 0 Å². The second-order valence-electron chi connectivity index (χ2n) is 8.59. The predicted molar refractivity (Wildman–Crippen MR) is 88.6 cm³/mol. The smallest absolute Gasteiger partial charge is 0.335 e. The molecule has 0 radical (unpaired) electrons. The van der Waals surface area contributed by atoms with E-state index < -0.39 is 23.0 Å². The van der Waals surface area contributed by atoms with Gasteiger partial charge in [0.05, 0.1) is 25.1 Å². The van der Waals surface area contributed by atoms with Crippen molar-refractivity contribution in [1.29, 1.82) is 0 Å². The van der Waals surface area contributed by atoms with E-state index in [1.165, 1.54) is 0 Å². The number of aliphatic hydroxyl groups excluding tert-OH is 1. The lowest BCUT2D eigenvalue weighted by atomic mass is 9.52. The van der Waals surface area contributed by atoms with Crippen molar-refractivity contribution in [1.82, 2.24) is 0 Å². The summed E-state index contributed by atoms with van der Waals surface area (Å²) in [5.41, 5.74) is 0.973. The minimum atomic E-state index is -0.825. The van der Waals surface area contributed by atoms with Crippen LogP contribution in [0.15, 0.2) is 34.2 Å². The highest BCUT2D eigenvalue weighted by atomic mass is 16.6. The van der Waals surface area contributed by atoms with Gasteiger partial charge in [-0.25, -0.2) is 4.79 Å². The van der Waals surface area contributed by atoms with Gasteiger partial charge in [-0.2, -0.15) is 0 Å². The summed E-state index contributed by atoms with van der Waals surface area (Å²) < 4.78 is 16.6. The first-order valence-corrected chi connectivity index (χ1v) is 9.19. The molecule has 3 aliphatic heterocycles. The molecular formula is C20H22O6. The standard InChI is InChI=1S/C20H22O6/c1-19-5-3-12-16(19)15-11(20(2,18(19)23)8-14(21)25-12)7-13(26-17(15)22)10-4-6-24-9-10/h4,6,9,12-13,16,18,23H,3,5,7-8H2,1-2H3/t12-,13+,16+,18+,19+,20-/m0/s1. The Balaban J connectivity index is 1.71. The monoisotopic (exact) mass is 358 g/mol. The molecule has 1 saturated carbocycles. The predicted octanol–water partition coefficient (Wildman–Crippen LogP) is 2.68. The lowest BCUT2D eigenvalue weighted by Gasteiger charge is -2.55. The third-order valence-corrected chi connectivity index (χ3v) is 7.17. The fraction of sp³-hybridized carbons (Fsp3) is 0.600. The Morgan fingerprint density at radius 3 is 2.77 bits per heavy atom. The van der Waals surface area contributed by atoms with Gasteiger partial charge in [0.25, 0.3) is 0 Å². The molecule has 0 unspecified atom stereocenters. The summed E-state index contributed by atoms with van der Waals surface area (Å²) in [5.74, 6) is -0.949. The molecule has 138 valence electrons. The lowest BCUT2D eigenvalue weighted by molar-refractivity contribution is -0.175. The highest BCUT2D eigenvalue weighted by molar-refractivity contribution is 5.93. The highest BCUT2D eigenvalue weighted by Crippen LogP contribution is 2.64. The maximum atomic E-state index is 13.0. The van der Waals surface area contributed by atoms with Gasteiger partial charge < -0.3 is 19.0 Å². The lowest BCUT2D eigenvalue weighted by Crippen LogP contribution is -2.58. The van der Waals surface area contributed by atoms with Crippen LogP contribution in [0.3, 0.4) is 0 Å². The van der Waals surface area contributed by atoms with E-state index in [0.29, 0.717) is 18.4 Å². The molecule has 2 aliphatic carbocycles. The maximum absolute atomic E-state index is 13.0. The maximum Gasteiger partial charge on any atom is 0.335 e. The van der Waals surface area contributed by atoms with E-state index in [0.717, 1.165) is 17.6 Å². The largest absolute Gasteiger partial charge is 0.472 e. The summed E-state index contributed by atoms with van der Waals surface area (Å²) in [6, 6.07) is 1.78. The Hall–Kier alpha value is -2.08. The van der Waals surface area contributed by atoms with Crippen molar-refractivity contribution in [2.45, 2.75) is 57.8 Å². The van der Waals surface area contributed by atoms with Crippen molar-refractivity contribution in [2.24, 2.45) is 16.7 Å². The van der Waals surface area contributed by atoms with E-state index in [1.807, 2.05) is 13.8 Å². The number of rotatable bonds is 1. The molecule has 6 nitrogen and oxygen atoms in total. The van der Waals surface area contributed by atoms with Crippen molar-refractivity contribution in [3.05, 3.63) is 35.3 Å². The fourth-order valence-electron chi connectivity index (χ4n) is 5.91. The van der Waals surface area contributed by atoms with Gasteiger partial charge in [-0.05, 0) is 24.5 Å². The first-order chi connectivity index (χ1) is 12.3. The van der Waals surface area contributed by atoms with Crippen LogP contribution in [-0.2, 0) is 19.1 Å². The number of hydrogen-bond acceptors (Lipinski definition) is 6. The number of cyclic esters (lactones) is 1. The van der Waals surface area contributed by atoms with Crippen LogP contribution in [0.1, 0.15) is 51.2 Å². The molecule has 6 atom stereocenters. The Bertz CT molecular complexity index is 823. The molecule has 26 heavy (non-hydrogen) atoms. The minimum Gasteiger partial charge on any atom is -0.472 e. The molecule has 1 aromatic rings. The molecule has 4 bridgehead atoms. The summed E-state index contributed by atoms with van der Waals surface area (Å²) in [6.45, 7) is 3.90. The molecule has 1 saturated heterocycles. The summed E-state index contributed by atoms with van der Waals surface area (Å²) in [4.78, 5) is 25.5. The second kappa shape index (κ2) is 5.00. The van der Waals surface area contributed by atoms with Gasteiger partial charge in [0.1, 0.15) is 12.2 Å². The first kappa shape index (κ1) is 16.1. The van der Waals surface area contributed by atoms with Crippen molar-refractivity contribution in [3.8, 4) is 0 Å². The number of esters is 2. The molecule has 1 N–H and O–H groups in total. The van der Waals surface area contributed by atoms with E-state index in [1.54, 1.807) is 18.6 Å². The SMILES string of the molecule is C[C@@]12CC[C@@H]3OC(=O)C[C@@](C)(C4=C(C(=O)O[C@@H](c5ccoc5)C4)[C@@H]31)[C@@H]2O. The number of furan rings is 1. The van der Waals surface area contributed by atoms with Crippen LogP contribution in [0.5, 0.6) is 0 Å². The fourth-order valence-corrected chi connectivity index (χ4v) is 5.91. The summed E-state index contributed by atoms with van der Waals surface area (Å²) in [7, 11) is 0. The summed E-state index contributed by atoms with van der Waals surface area (Å²) in [6.07, 6.45) is 3.54. The average Bonchev–Trinajstić information content (AvgIpc) is 3.22. The zero-order chi connectivity index (χ0) is 18.3. The van der Waals surface area contributed by atoms with E-state index in [4.69, 9.17) is 13.9 Å². The van der Waals surface area contributed by atoms with Crippen LogP contribution < -0.4 is 0 Å². The van der Waals surface area contributed by atoms with E-state index >= 15 is 0 Å². The summed E-state index contributed by atoms with van der Waals surface area (Å²) >= 11 is 0. The Morgan fingerprint density at radius 2 is 2.04 bits per heavy atom. The van der Waals surface area contributed by atoms with Gasteiger partial charge in [0.2, 0.25) is 0 Å². The topological polar surface area (TPSA) is 86.0 Å². The van der Waals surface area contributed by atoms with E-state index in [-0.39, 0.29) is 30.4 Å². The normalized spacial score (nSPS) is 44.3. The van der Waals surface area contributed by atoms with Gasteiger partial charge in [0.15, 0.2) is 0 Å². The molecule has 0 aromatic carbocycles. The van der Waals surface area contributed by atoms with Crippen molar-refractivity contribution in [2.75, 3.05) is 0 Å².